The first kappa shape index (κ1) is 18.6. The molecule has 0 bridgehead atoms. The fourth-order valence-electron chi connectivity index (χ4n) is 3.89. The van der Waals surface area contributed by atoms with Crippen molar-refractivity contribution in [1.82, 2.24) is 9.97 Å². The summed E-state index contributed by atoms with van der Waals surface area (Å²) in [5.74, 6) is 0. The predicted molar refractivity (Wildman–Crippen MR) is 119 cm³/mol. The second kappa shape index (κ2) is 6.70. The first-order valence-electron chi connectivity index (χ1n) is 9.99. The minimum absolute atomic E-state index is 0.0409. The van der Waals surface area contributed by atoms with E-state index in [9.17, 15) is 0 Å². The van der Waals surface area contributed by atoms with Crippen molar-refractivity contribution in [2.24, 2.45) is 0 Å². The van der Waals surface area contributed by atoms with Crippen LogP contribution in [-0.2, 0) is 17.3 Å². The van der Waals surface area contributed by atoms with Crippen LogP contribution in [0.2, 0.25) is 0 Å². The lowest BCUT2D eigenvalue weighted by Gasteiger charge is -2.29. The number of fused-ring (bicyclic) bond motifs is 2. The van der Waals surface area contributed by atoms with E-state index in [2.05, 4.69) is 101 Å². The summed E-state index contributed by atoms with van der Waals surface area (Å²) in [4.78, 5) is 10.1. The van der Waals surface area contributed by atoms with Crippen LogP contribution in [0, 0.1) is 0 Å². The fourth-order valence-corrected chi connectivity index (χ4v) is 3.89. The lowest BCUT2D eigenvalue weighted by Crippen LogP contribution is -2.26. The summed E-state index contributed by atoms with van der Waals surface area (Å²) in [6.45, 7) is 11.3. The molecule has 2 heteroatoms. The first-order chi connectivity index (χ1) is 13.2. The molecule has 0 saturated heterocycles. The van der Waals surface area contributed by atoms with E-state index in [-0.39, 0.29) is 10.8 Å². The van der Waals surface area contributed by atoms with E-state index in [0.29, 0.717) is 0 Å². The van der Waals surface area contributed by atoms with E-state index >= 15 is 0 Å². The molecule has 2 heterocycles. The number of hydrogen-bond donors (Lipinski definition) is 0. The Labute approximate surface area is 167 Å². The number of pyridine rings is 2. The van der Waals surface area contributed by atoms with Crippen molar-refractivity contribution in [3.8, 4) is 0 Å². The molecule has 0 unspecified atom stereocenters. The van der Waals surface area contributed by atoms with Crippen molar-refractivity contribution >= 4 is 21.8 Å². The number of hydrogen-bond acceptors (Lipinski definition) is 2. The molecule has 0 atom stereocenters. The topological polar surface area (TPSA) is 25.8 Å². The smallest absolute Gasteiger partial charge is 0.0705 e. The molecule has 28 heavy (non-hydrogen) atoms. The van der Waals surface area contributed by atoms with Gasteiger partial charge in [-0.1, -0.05) is 77.1 Å². The van der Waals surface area contributed by atoms with Crippen LogP contribution in [-0.4, -0.2) is 9.97 Å². The lowest BCUT2D eigenvalue weighted by molar-refractivity contribution is 0.487. The summed E-state index contributed by atoms with van der Waals surface area (Å²) in [5.41, 5.74) is 5.65. The highest BCUT2D eigenvalue weighted by Gasteiger charge is 2.28. The number of aromatic nitrogens is 2. The summed E-state index contributed by atoms with van der Waals surface area (Å²) < 4.78 is 0. The molecule has 0 aliphatic carbocycles. The number of para-hydroxylation sites is 2. The van der Waals surface area contributed by atoms with Gasteiger partial charge in [-0.15, -0.1) is 0 Å². The molecule has 0 saturated carbocycles. The second-order valence-corrected chi connectivity index (χ2v) is 9.38. The third kappa shape index (κ3) is 3.52. The molecule has 0 amide bonds. The van der Waals surface area contributed by atoms with Gasteiger partial charge >= 0.3 is 0 Å². The Morgan fingerprint density at radius 3 is 1.96 bits per heavy atom. The monoisotopic (exact) mass is 368 g/mol. The first-order valence-corrected chi connectivity index (χ1v) is 9.99. The molecular weight excluding hydrogens is 340 g/mol. The Hall–Kier alpha value is -2.74. The largest absolute Gasteiger partial charge is 0.253 e. The summed E-state index contributed by atoms with van der Waals surface area (Å²) in [6, 6.07) is 23.4. The van der Waals surface area contributed by atoms with Gasteiger partial charge in [-0.05, 0) is 35.2 Å². The zero-order valence-corrected chi connectivity index (χ0v) is 17.5. The van der Waals surface area contributed by atoms with Crippen molar-refractivity contribution in [2.45, 2.75) is 51.9 Å². The van der Waals surface area contributed by atoms with Crippen molar-refractivity contribution in [3.63, 3.8) is 0 Å². The Morgan fingerprint density at radius 2 is 1.29 bits per heavy atom. The molecule has 2 aromatic heterocycles. The van der Waals surface area contributed by atoms with Gasteiger partial charge in [-0.25, -0.2) is 0 Å². The van der Waals surface area contributed by atoms with Gasteiger partial charge in [0.1, 0.15) is 0 Å². The van der Waals surface area contributed by atoms with Gasteiger partial charge in [0.2, 0.25) is 0 Å². The molecule has 0 N–H and O–H groups in total. The highest BCUT2D eigenvalue weighted by Crippen LogP contribution is 2.34. The maximum Gasteiger partial charge on any atom is 0.0705 e. The average Bonchev–Trinajstić information content (AvgIpc) is 2.66. The predicted octanol–water partition coefficient (Wildman–Crippen LogP) is 6.60. The quantitative estimate of drug-likeness (QED) is 0.407. The van der Waals surface area contributed by atoms with Gasteiger partial charge in [0, 0.05) is 34.0 Å². The van der Waals surface area contributed by atoms with E-state index in [4.69, 9.17) is 9.97 Å². The van der Waals surface area contributed by atoms with Crippen LogP contribution in [0.3, 0.4) is 0 Å². The second-order valence-electron chi connectivity index (χ2n) is 9.38. The Bertz CT molecular complexity index is 1150. The normalized spacial score (nSPS) is 12.6. The third-order valence-electron chi connectivity index (χ3n) is 5.51. The number of nitrogens with zero attached hydrogens (tertiary/aromatic N) is 2. The standard InChI is InChI=1S/C26H28N2/c1-25(2,3)20-16-19-11-7-9-13-22(19)27-23(20)17-26(4,5)24-15-14-18-10-6-8-12-21(18)28-24/h6-16H,17H2,1-5H3. The molecule has 2 nitrogen and oxygen atoms in total. The number of rotatable bonds is 3. The minimum Gasteiger partial charge on any atom is -0.253 e. The molecule has 2 aromatic carbocycles. The molecule has 0 spiro atoms. The highest BCUT2D eigenvalue weighted by atomic mass is 14.7. The molecule has 4 rings (SSSR count). The fraction of sp³-hybridized carbons (Fsp3) is 0.308. The third-order valence-corrected chi connectivity index (χ3v) is 5.51. The summed E-state index contributed by atoms with van der Waals surface area (Å²) >= 11 is 0. The van der Waals surface area contributed by atoms with E-state index < -0.39 is 0 Å². The zero-order chi connectivity index (χ0) is 19.9. The van der Waals surface area contributed by atoms with Crippen LogP contribution in [0.4, 0.5) is 0 Å². The van der Waals surface area contributed by atoms with Crippen molar-refractivity contribution < 1.29 is 0 Å². The van der Waals surface area contributed by atoms with Gasteiger partial charge in [-0.3, -0.25) is 9.97 Å². The van der Waals surface area contributed by atoms with E-state index in [1.165, 1.54) is 22.0 Å². The molecule has 4 aromatic rings. The lowest BCUT2D eigenvalue weighted by atomic mass is 9.78. The van der Waals surface area contributed by atoms with E-state index in [1.807, 2.05) is 0 Å². The van der Waals surface area contributed by atoms with Crippen molar-refractivity contribution in [1.29, 1.82) is 0 Å². The maximum absolute atomic E-state index is 5.09. The van der Waals surface area contributed by atoms with E-state index in [1.54, 1.807) is 0 Å². The summed E-state index contributed by atoms with van der Waals surface area (Å²) in [5, 5.41) is 2.39. The van der Waals surface area contributed by atoms with Crippen molar-refractivity contribution in [3.05, 3.63) is 83.7 Å². The highest BCUT2D eigenvalue weighted by molar-refractivity contribution is 5.80. The Kier molecular flexibility index (Phi) is 4.45. The zero-order valence-electron chi connectivity index (χ0n) is 17.5. The summed E-state index contributed by atoms with van der Waals surface area (Å²) in [7, 11) is 0. The van der Waals surface area contributed by atoms with E-state index in [0.717, 1.165) is 23.1 Å². The maximum atomic E-state index is 5.09. The molecule has 0 aliphatic heterocycles. The van der Waals surface area contributed by atoms with Crippen LogP contribution < -0.4 is 0 Å². The van der Waals surface area contributed by atoms with Gasteiger partial charge in [0.15, 0.2) is 0 Å². The number of benzene rings is 2. The van der Waals surface area contributed by atoms with Crippen LogP contribution in [0.5, 0.6) is 0 Å². The molecule has 142 valence electrons. The Morgan fingerprint density at radius 1 is 0.679 bits per heavy atom. The average molecular weight is 369 g/mol. The van der Waals surface area contributed by atoms with Crippen LogP contribution >= 0.6 is 0 Å². The Balaban J connectivity index is 1.80. The minimum atomic E-state index is -0.112. The molecule has 0 fully saturated rings. The van der Waals surface area contributed by atoms with Crippen LogP contribution in [0.15, 0.2) is 66.7 Å². The van der Waals surface area contributed by atoms with Crippen LogP contribution in [0.25, 0.3) is 21.8 Å². The van der Waals surface area contributed by atoms with Gasteiger partial charge in [0.25, 0.3) is 0 Å². The van der Waals surface area contributed by atoms with Crippen LogP contribution in [0.1, 0.15) is 51.6 Å². The SMILES string of the molecule is CC(C)(C)c1cc2ccccc2nc1CC(C)(C)c1ccc2ccccc2n1. The van der Waals surface area contributed by atoms with Gasteiger partial charge in [-0.2, -0.15) is 0 Å². The summed E-state index contributed by atoms with van der Waals surface area (Å²) in [6.07, 6.45) is 0.857. The van der Waals surface area contributed by atoms with Gasteiger partial charge in [0.05, 0.1) is 11.0 Å². The molecular formula is C26H28N2. The van der Waals surface area contributed by atoms with Crippen molar-refractivity contribution in [2.75, 3.05) is 0 Å². The van der Waals surface area contributed by atoms with Gasteiger partial charge < -0.3 is 0 Å². The molecule has 0 radical (unpaired) electrons. The molecule has 0 aliphatic rings.